The lowest BCUT2D eigenvalue weighted by molar-refractivity contribution is 0.211. The first-order valence-corrected chi connectivity index (χ1v) is 9.30. The molecule has 2 aromatic heterocycles. The average molecular weight is 391 g/mol. The molecule has 3 rings (SSSR count). The molecule has 1 N–H and O–H groups in total. The van der Waals surface area contributed by atoms with Gasteiger partial charge in [-0.25, -0.2) is 18.6 Å². The number of carbonyl (C=O) groups excluding carboxylic acids is 1. The second kappa shape index (κ2) is 8.30. The van der Waals surface area contributed by atoms with E-state index in [1.165, 1.54) is 23.5 Å². The number of hydrogen-bond acceptors (Lipinski definition) is 4. The average Bonchev–Trinajstić information content (AvgIpc) is 3.20. The molecule has 0 saturated heterocycles. The van der Waals surface area contributed by atoms with Gasteiger partial charge in [0.15, 0.2) is 5.13 Å². The normalized spacial score (nSPS) is 11.0. The van der Waals surface area contributed by atoms with Crippen molar-refractivity contribution < 1.29 is 18.3 Å². The number of halogens is 2. The molecule has 8 heteroatoms. The Hall–Kier alpha value is -2.74. The third-order valence-electron chi connectivity index (χ3n) is 3.75. The molecule has 27 heavy (non-hydrogen) atoms. The number of nitrogens with one attached hydrogen (secondary N) is 1. The second-order valence-electron chi connectivity index (χ2n) is 6.50. The predicted octanol–water partition coefficient (Wildman–Crippen LogP) is 5.08. The number of carbonyl (C=O) groups is 1. The van der Waals surface area contributed by atoms with Gasteiger partial charge in [-0.2, -0.15) is 0 Å². The number of anilines is 1. The van der Waals surface area contributed by atoms with E-state index < -0.39 is 17.7 Å². The van der Waals surface area contributed by atoms with Crippen molar-refractivity contribution in [2.75, 3.05) is 5.32 Å². The van der Waals surface area contributed by atoms with Gasteiger partial charge < -0.3 is 9.30 Å². The van der Waals surface area contributed by atoms with Crippen molar-refractivity contribution >= 4 is 22.6 Å². The fourth-order valence-electron chi connectivity index (χ4n) is 2.66. The molecule has 0 saturated carbocycles. The summed E-state index contributed by atoms with van der Waals surface area (Å²) in [6.45, 7) is 4.27. The number of benzene rings is 1. The van der Waals surface area contributed by atoms with E-state index in [0.717, 1.165) is 18.1 Å². The summed E-state index contributed by atoms with van der Waals surface area (Å²) in [6, 6.07) is 5.17. The molecule has 5 nitrogen and oxygen atoms in total. The van der Waals surface area contributed by atoms with E-state index in [0.29, 0.717) is 16.6 Å². The van der Waals surface area contributed by atoms with Gasteiger partial charge in [-0.3, -0.25) is 5.32 Å². The molecule has 3 aromatic rings. The van der Waals surface area contributed by atoms with Crippen LogP contribution in [0.25, 0.3) is 0 Å². The SMILES string of the molecule is CC(C)Cc1cc(OC(=O)Nc2nccs2)n(Cc2ccc(F)cc2F)c1. The maximum absolute atomic E-state index is 14.0. The maximum Gasteiger partial charge on any atom is 0.420 e. The Balaban J connectivity index is 1.82. The molecule has 0 aliphatic carbocycles. The summed E-state index contributed by atoms with van der Waals surface area (Å²) in [4.78, 5) is 16.1. The Kier molecular flexibility index (Phi) is 5.85. The van der Waals surface area contributed by atoms with Crippen LogP contribution in [0.4, 0.5) is 18.7 Å². The lowest BCUT2D eigenvalue weighted by Crippen LogP contribution is -2.18. The third-order valence-corrected chi connectivity index (χ3v) is 4.44. The molecule has 0 aliphatic heterocycles. The number of hydrogen-bond donors (Lipinski definition) is 1. The molecule has 0 fully saturated rings. The van der Waals surface area contributed by atoms with Crippen molar-refractivity contribution in [2.24, 2.45) is 5.92 Å². The van der Waals surface area contributed by atoms with Crippen LogP contribution in [0.15, 0.2) is 42.0 Å². The van der Waals surface area contributed by atoms with Crippen molar-refractivity contribution in [2.45, 2.75) is 26.8 Å². The maximum atomic E-state index is 14.0. The van der Waals surface area contributed by atoms with E-state index in [4.69, 9.17) is 4.74 Å². The van der Waals surface area contributed by atoms with Crippen molar-refractivity contribution in [1.82, 2.24) is 9.55 Å². The molecule has 1 aromatic carbocycles. The number of rotatable bonds is 6. The smallest absolute Gasteiger partial charge is 0.393 e. The molecule has 1 amide bonds. The summed E-state index contributed by atoms with van der Waals surface area (Å²) in [6.07, 6.45) is 3.49. The summed E-state index contributed by atoms with van der Waals surface area (Å²) in [5.74, 6) is -0.598. The van der Waals surface area contributed by atoms with Crippen LogP contribution in [0.5, 0.6) is 5.88 Å². The Bertz CT molecular complexity index is 923. The van der Waals surface area contributed by atoms with Gasteiger partial charge in [0, 0.05) is 35.5 Å². The molecule has 0 aliphatic rings. The van der Waals surface area contributed by atoms with Crippen LogP contribution in [0, 0.1) is 17.6 Å². The lowest BCUT2D eigenvalue weighted by atomic mass is 10.1. The highest BCUT2D eigenvalue weighted by Crippen LogP contribution is 2.23. The predicted molar refractivity (Wildman–Crippen MR) is 100 cm³/mol. The van der Waals surface area contributed by atoms with Crippen LogP contribution in [0.2, 0.25) is 0 Å². The Morgan fingerprint density at radius 1 is 1.33 bits per heavy atom. The highest BCUT2D eigenvalue weighted by atomic mass is 32.1. The number of nitrogens with zero attached hydrogens (tertiary/aromatic N) is 2. The number of ether oxygens (including phenoxy) is 1. The minimum Gasteiger partial charge on any atom is -0.393 e. The van der Waals surface area contributed by atoms with E-state index in [9.17, 15) is 13.6 Å². The highest BCUT2D eigenvalue weighted by molar-refractivity contribution is 7.13. The zero-order valence-electron chi connectivity index (χ0n) is 14.9. The van der Waals surface area contributed by atoms with E-state index in [1.54, 1.807) is 22.2 Å². The Morgan fingerprint density at radius 2 is 2.15 bits per heavy atom. The van der Waals surface area contributed by atoms with E-state index in [2.05, 4.69) is 24.1 Å². The van der Waals surface area contributed by atoms with Crippen molar-refractivity contribution in [3.05, 3.63) is 64.8 Å². The third kappa shape index (κ3) is 5.13. The van der Waals surface area contributed by atoms with Crippen molar-refractivity contribution in [3.8, 4) is 5.88 Å². The molecule has 0 radical (unpaired) electrons. The van der Waals surface area contributed by atoms with Gasteiger partial charge in [0.25, 0.3) is 0 Å². The minimum atomic E-state index is -0.681. The molecule has 0 spiro atoms. The summed E-state index contributed by atoms with van der Waals surface area (Å²) >= 11 is 1.27. The quantitative estimate of drug-likeness (QED) is 0.637. The van der Waals surface area contributed by atoms with Gasteiger partial charge in [0.1, 0.15) is 11.6 Å². The first-order chi connectivity index (χ1) is 12.9. The fraction of sp³-hybridized carbons (Fsp3) is 0.263. The van der Waals surface area contributed by atoms with Gasteiger partial charge in [-0.15, -0.1) is 11.3 Å². The molecular formula is C19H19F2N3O2S. The van der Waals surface area contributed by atoms with Gasteiger partial charge in [0.2, 0.25) is 5.88 Å². The fourth-order valence-corrected chi connectivity index (χ4v) is 3.18. The van der Waals surface area contributed by atoms with E-state index in [1.807, 2.05) is 6.20 Å². The monoisotopic (exact) mass is 391 g/mol. The summed E-state index contributed by atoms with van der Waals surface area (Å²) in [5.41, 5.74) is 1.26. The van der Waals surface area contributed by atoms with Crippen LogP contribution >= 0.6 is 11.3 Å². The molecule has 0 atom stereocenters. The van der Waals surface area contributed by atoms with Crippen LogP contribution < -0.4 is 10.1 Å². The zero-order chi connectivity index (χ0) is 19.4. The first-order valence-electron chi connectivity index (χ1n) is 8.42. The highest BCUT2D eigenvalue weighted by Gasteiger charge is 2.15. The van der Waals surface area contributed by atoms with Gasteiger partial charge >= 0.3 is 6.09 Å². The standard InChI is InChI=1S/C19H19F2N3O2S/c1-12(2)7-13-8-17(26-19(25)23-18-22-5-6-27-18)24(10-13)11-14-3-4-15(20)9-16(14)21/h3-6,8-10,12H,7,11H2,1-2H3,(H,22,23,25). The first kappa shape index (κ1) is 19.0. The number of thiazole rings is 1. The van der Waals surface area contributed by atoms with Crippen LogP contribution in [-0.2, 0) is 13.0 Å². The van der Waals surface area contributed by atoms with Crippen molar-refractivity contribution in [1.29, 1.82) is 0 Å². The summed E-state index contributed by atoms with van der Waals surface area (Å²) < 4.78 is 34.2. The minimum absolute atomic E-state index is 0.115. The molecule has 142 valence electrons. The largest absolute Gasteiger partial charge is 0.420 e. The van der Waals surface area contributed by atoms with E-state index in [-0.39, 0.29) is 12.4 Å². The van der Waals surface area contributed by atoms with Crippen LogP contribution in [-0.4, -0.2) is 15.6 Å². The summed E-state index contributed by atoms with van der Waals surface area (Å²) in [7, 11) is 0. The van der Waals surface area contributed by atoms with Gasteiger partial charge in [-0.05, 0) is 24.0 Å². The van der Waals surface area contributed by atoms with Crippen LogP contribution in [0.1, 0.15) is 25.0 Å². The van der Waals surface area contributed by atoms with Gasteiger partial charge in [0.05, 0.1) is 6.54 Å². The topological polar surface area (TPSA) is 56.1 Å². The Labute approximate surface area is 159 Å². The molecule has 0 unspecified atom stereocenters. The number of amides is 1. The second-order valence-corrected chi connectivity index (χ2v) is 7.39. The van der Waals surface area contributed by atoms with E-state index >= 15 is 0 Å². The van der Waals surface area contributed by atoms with Crippen LogP contribution in [0.3, 0.4) is 0 Å². The molecular weight excluding hydrogens is 372 g/mol. The van der Waals surface area contributed by atoms with Gasteiger partial charge in [-0.1, -0.05) is 19.9 Å². The Morgan fingerprint density at radius 3 is 2.81 bits per heavy atom. The summed E-state index contributed by atoms with van der Waals surface area (Å²) in [5, 5.41) is 4.69. The number of aromatic nitrogens is 2. The lowest BCUT2D eigenvalue weighted by Gasteiger charge is -2.10. The molecule has 2 heterocycles. The van der Waals surface area contributed by atoms with Crippen molar-refractivity contribution in [3.63, 3.8) is 0 Å². The zero-order valence-corrected chi connectivity index (χ0v) is 15.7. The molecule has 0 bridgehead atoms.